The van der Waals surface area contributed by atoms with Crippen LogP contribution >= 0.6 is 7.82 Å². The van der Waals surface area contributed by atoms with Crippen LogP contribution in [0.3, 0.4) is 0 Å². The van der Waals surface area contributed by atoms with Gasteiger partial charge in [0, 0.05) is 17.1 Å². The molecule has 0 aliphatic heterocycles. The molecule has 0 radical (unpaired) electrons. The van der Waals surface area contributed by atoms with Crippen LogP contribution < -0.4 is 25.0 Å². The summed E-state index contributed by atoms with van der Waals surface area (Å²) < 4.78 is 8.88. The molecule has 0 saturated heterocycles. The van der Waals surface area contributed by atoms with Crippen molar-refractivity contribution in [3.8, 4) is 0 Å². The van der Waals surface area contributed by atoms with E-state index in [1.165, 1.54) is 0 Å². The molecule has 0 bridgehead atoms. The molecule has 8 heavy (non-hydrogen) atoms. The van der Waals surface area contributed by atoms with Crippen LogP contribution in [-0.4, -0.2) is 14.7 Å². The third kappa shape index (κ3) is 195. The number of hydrogen-bond acceptors (Lipinski definition) is 2. The summed E-state index contributed by atoms with van der Waals surface area (Å²) in [5, 5.41) is 0. The Kier molecular flexibility index (Phi) is 23.4. The van der Waals surface area contributed by atoms with Gasteiger partial charge in [-0.1, -0.05) is 0 Å². The molecule has 0 spiro atoms. The Hall–Kier alpha value is 1.19. The minimum atomic E-state index is -4.64. The topological polar surface area (TPSA) is 113 Å². The number of hydrogen-bond donors (Lipinski definition) is 4. The summed E-state index contributed by atoms with van der Waals surface area (Å²) in [7, 11) is -4.64. The predicted octanol–water partition coefficient (Wildman–Crippen LogP) is -3.65. The summed E-state index contributed by atoms with van der Waals surface area (Å²) >= 11 is 0. The van der Waals surface area contributed by atoms with E-state index in [9.17, 15) is 0 Å². The average Bonchev–Trinajstić information content (AvgIpc) is 0.722. The Morgan fingerprint density at radius 2 is 1.25 bits per heavy atom. The van der Waals surface area contributed by atoms with Crippen LogP contribution in [0, 0.1) is 0 Å². The first-order valence-electron chi connectivity index (χ1n) is 0.783. The Bertz CT molecular complexity index is 66.7. The van der Waals surface area contributed by atoms with Crippen LogP contribution in [0.1, 0.15) is 1.43 Å². The van der Waals surface area contributed by atoms with Gasteiger partial charge in [0.1, 0.15) is 0 Å². The van der Waals surface area contributed by atoms with E-state index in [2.05, 4.69) is 0 Å². The normalized spacial score (nSPS) is 7.38. The average molecular weight is 179 g/mol. The molecule has 8 heteroatoms. The van der Waals surface area contributed by atoms with Gasteiger partial charge in [-0.3, -0.25) is 0 Å². The van der Waals surface area contributed by atoms with Gasteiger partial charge >= 0.3 is 26.7 Å². The Morgan fingerprint density at radius 1 is 1.25 bits per heavy atom. The van der Waals surface area contributed by atoms with Crippen LogP contribution in [-0.2, 0) is 21.6 Å². The molecule has 6 N–H and O–H groups in total. The van der Waals surface area contributed by atoms with Gasteiger partial charge in [-0.15, -0.1) is 0 Å². The summed E-state index contributed by atoms with van der Waals surface area (Å²) in [6, 6.07) is 0. The molecule has 0 aromatic carbocycles. The molecule has 0 rings (SSSR count). The Morgan fingerprint density at radius 3 is 1.25 bits per heavy atom. The maximum Gasteiger partial charge on any atom is 1.00 e. The minimum Gasteiger partial charge on any atom is -1.00 e. The zero-order valence-corrected chi connectivity index (χ0v) is 6.26. The van der Waals surface area contributed by atoms with Gasteiger partial charge < -0.3 is 22.3 Å². The predicted molar refractivity (Wildman–Crippen MR) is 20.4 cm³/mol. The van der Waals surface area contributed by atoms with Gasteiger partial charge in [0.25, 0.3) is 0 Å². The van der Waals surface area contributed by atoms with Crippen molar-refractivity contribution in [1.29, 1.82) is 0 Å². The van der Waals surface area contributed by atoms with Crippen molar-refractivity contribution in [3.63, 3.8) is 0 Å². The summed E-state index contributed by atoms with van der Waals surface area (Å²) in [4.78, 5) is 21.6. The number of rotatable bonds is 0. The molecule has 0 atom stereocenters. The third-order valence-electron chi connectivity index (χ3n) is 0. The van der Waals surface area contributed by atoms with E-state index >= 15 is 0 Å². The molecule has 0 aromatic rings. The maximum absolute atomic E-state index is 8.88. The van der Waals surface area contributed by atoms with Gasteiger partial charge in [-0.05, 0) is 0 Å². The zero-order valence-electron chi connectivity index (χ0n) is 5.26. The minimum absolute atomic E-state index is 0. The molecule has 0 unspecified atom stereocenters. The maximum atomic E-state index is 8.88. The van der Waals surface area contributed by atoms with E-state index in [1.54, 1.807) is 0 Å². The van der Waals surface area contributed by atoms with Crippen LogP contribution in [0.5, 0.6) is 0 Å². The van der Waals surface area contributed by atoms with Gasteiger partial charge in [-0.2, -0.15) is 0 Å². The molecule has 5 nitrogen and oxygen atoms in total. The smallest absolute Gasteiger partial charge is 1.00 e. The summed E-state index contributed by atoms with van der Waals surface area (Å²) in [6.07, 6.45) is 0. The Labute approximate surface area is 70.8 Å². The molecule has 0 amide bonds. The monoisotopic (exact) mass is 179 g/mol. The second-order valence-electron chi connectivity index (χ2n) is 0.513. The fourth-order valence-electron chi connectivity index (χ4n) is 0. The molecule has 0 saturated carbocycles. The van der Waals surface area contributed by atoms with Crippen molar-refractivity contribution in [1.82, 2.24) is 6.15 Å². The van der Waals surface area contributed by atoms with Crippen molar-refractivity contribution in [3.05, 3.63) is 0 Å². The zero-order chi connectivity index (χ0) is 4.50. The van der Waals surface area contributed by atoms with Crippen LogP contribution in [0.15, 0.2) is 0 Å². The molecule has 0 heterocycles. The van der Waals surface area contributed by atoms with Crippen molar-refractivity contribution in [2.24, 2.45) is 0 Å². The Balaban J connectivity index is -0.0000000133. The van der Waals surface area contributed by atoms with Gasteiger partial charge in [-0.25, -0.2) is 4.57 Å². The van der Waals surface area contributed by atoms with Crippen molar-refractivity contribution in [2.45, 2.75) is 0 Å². The molecular formula is H7FeLiNO4P. The first-order chi connectivity index (χ1) is 2.00. The second-order valence-corrected chi connectivity index (χ2v) is 1.54. The first-order valence-corrected chi connectivity index (χ1v) is 2.35. The van der Waals surface area contributed by atoms with E-state index in [0.717, 1.165) is 0 Å². The molecular weight excluding hydrogens is 172 g/mol. The summed E-state index contributed by atoms with van der Waals surface area (Å²) in [5.41, 5.74) is 0. The van der Waals surface area contributed by atoms with Crippen LogP contribution in [0.25, 0.3) is 0 Å². The van der Waals surface area contributed by atoms with Gasteiger partial charge in [0.2, 0.25) is 0 Å². The summed E-state index contributed by atoms with van der Waals surface area (Å²) in [5.74, 6) is 0. The van der Waals surface area contributed by atoms with Crippen molar-refractivity contribution >= 4 is 7.82 Å². The fourth-order valence-corrected chi connectivity index (χ4v) is 0. The van der Waals surface area contributed by atoms with Crippen molar-refractivity contribution < 1.29 is 56.6 Å². The standard InChI is InChI=1S/Fe.Li.H3N.H3O4P.H/c;;;1-5(2,3)4;/h;;1H3;(H3,1,2,3,4);/q;+1;;;-1. The summed E-state index contributed by atoms with van der Waals surface area (Å²) in [6.45, 7) is 0. The van der Waals surface area contributed by atoms with Crippen molar-refractivity contribution in [2.75, 3.05) is 0 Å². The van der Waals surface area contributed by atoms with E-state index in [-0.39, 0.29) is 43.5 Å². The molecule has 0 fully saturated rings. The van der Waals surface area contributed by atoms with Gasteiger partial charge in [0.05, 0.1) is 0 Å². The van der Waals surface area contributed by atoms with E-state index in [1.807, 2.05) is 0 Å². The van der Waals surface area contributed by atoms with E-state index in [4.69, 9.17) is 19.2 Å². The first kappa shape index (κ1) is 22.9. The van der Waals surface area contributed by atoms with E-state index in [0.29, 0.717) is 0 Å². The quantitative estimate of drug-likeness (QED) is 0.226. The van der Waals surface area contributed by atoms with Gasteiger partial charge in [0.15, 0.2) is 0 Å². The fraction of sp³-hybridized carbons (Fsp3) is 0. The molecule has 50 valence electrons. The van der Waals surface area contributed by atoms with Crippen LogP contribution in [0.4, 0.5) is 0 Å². The van der Waals surface area contributed by atoms with Crippen LogP contribution in [0.2, 0.25) is 0 Å². The molecule has 0 aliphatic carbocycles. The van der Waals surface area contributed by atoms with E-state index < -0.39 is 7.82 Å². The second kappa shape index (κ2) is 8.19. The number of phosphoric acid groups is 1. The largest absolute Gasteiger partial charge is 1.00 e. The molecule has 0 aromatic heterocycles. The molecule has 0 aliphatic rings. The third-order valence-corrected chi connectivity index (χ3v) is 0. The SMILES string of the molecule is N.O=P(O)(O)O.[Fe].[H-].[Li+].